The first-order chi connectivity index (χ1) is 7.80. The second-order valence-electron chi connectivity index (χ2n) is 4.32. The van der Waals surface area contributed by atoms with Crippen LogP contribution in [0.15, 0.2) is 28.7 Å². The third kappa shape index (κ3) is 2.09. The normalized spacial score (nSPS) is 32.6. The fourth-order valence-corrected chi connectivity index (χ4v) is 2.59. The first-order valence-electron chi connectivity index (χ1n) is 5.02. The van der Waals surface area contributed by atoms with E-state index in [-0.39, 0.29) is 0 Å². The zero-order valence-corrected chi connectivity index (χ0v) is 10.3. The van der Waals surface area contributed by atoms with Crippen LogP contribution in [0, 0.1) is 5.92 Å². The average Bonchev–Trinajstić information content (AvgIpc) is 2.87. The molecule has 0 heterocycles. The molecule has 0 amide bonds. The molecule has 6 heteroatoms. The maximum absolute atomic E-state index is 12.7. The van der Waals surface area contributed by atoms with Crippen LogP contribution in [-0.4, -0.2) is 23.4 Å². The maximum Gasteiger partial charge on any atom is 0.394 e. The second-order valence-corrected chi connectivity index (χ2v) is 5.23. The summed E-state index contributed by atoms with van der Waals surface area (Å²) in [6.45, 7) is -0.669. The van der Waals surface area contributed by atoms with E-state index in [9.17, 15) is 13.2 Å². The minimum Gasteiger partial charge on any atom is -0.394 e. The molecule has 1 aliphatic rings. The van der Waals surface area contributed by atoms with E-state index < -0.39 is 30.2 Å². The Bertz CT molecular complexity index is 420. The predicted molar refractivity (Wildman–Crippen MR) is 60.4 cm³/mol. The molecule has 1 aromatic carbocycles. The highest BCUT2D eigenvalue weighted by Crippen LogP contribution is 2.62. The number of aliphatic hydroxyl groups is 1. The molecule has 2 nitrogen and oxygen atoms in total. The Hall–Kier alpha value is -0.590. The Kier molecular flexibility index (Phi) is 3.00. The minimum atomic E-state index is -4.38. The smallest absolute Gasteiger partial charge is 0.394 e. The number of aliphatic hydroxyl groups excluding tert-OH is 1. The van der Waals surface area contributed by atoms with Crippen molar-refractivity contribution in [1.82, 2.24) is 0 Å². The van der Waals surface area contributed by atoms with Crippen LogP contribution in [0.1, 0.15) is 11.5 Å². The number of nitrogens with two attached hydrogens (primary N) is 1. The summed E-state index contributed by atoms with van der Waals surface area (Å²) in [6, 6.07) is 6.52. The molecule has 0 aliphatic heterocycles. The molecule has 1 saturated carbocycles. The Morgan fingerprint density at radius 1 is 1.29 bits per heavy atom. The summed E-state index contributed by atoms with van der Waals surface area (Å²) in [5, 5.41) is 9.05. The molecule has 0 aromatic heterocycles. The van der Waals surface area contributed by atoms with Gasteiger partial charge in [0, 0.05) is 10.4 Å². The predicted octanol–water partition coefficient (Wildman–Crippen LogP) is 2.41. The standard InChI is InChI=1S/C11H11BrF3NO/c12-7-3-1-6(2-4-7)8-9(11(13,14)15)10(8,16)5-17/h1-4,8-9,17H,5,16H2/t8-,9-,10-/m1/s1. The number of hydrogen-bond donors (Lipinski definition) is 2. The van der Waals surface area contributed by atoms with Crippen LogP contribution in [-0.2, 0) is 0 Å². The van der Waals surface area contributed by atoms with Crippen molar-refractivity contribution in [2.24, 2.45) is 11.7 Å². The van der Waals surface area contributed by atoms with Crippen LogP contribution in [0.5, 0.6) is 0 Å². The lowest BCUT2D eigenvalue weighted by Crippen LogP contribution is -2.34. The van der Waals surface area contributed by atoms with E-state index in [2.05, 4.69) is 15.9 Å². The summed E-state index contributed by atoms with van der Waals surface area (Å²) in [6.07, 6.45) is -4.38. The van der Waals surface area contributed by atoms with Gasteiger partial charge in [0.2, 0.25) is 0 Å². The van der Waals surface area contributed by atoms with Crippen molar-refractivity contribution in [2.45, 2.75) is 17.6 Å². The van der Waals surface area contributed by atoms with Gasteiger partial charge in [-0.05, 0) is 17.7 Å². The zero-order valence-electron chi connectivity index (χ0n) is 8.71. The molecule has 1 aromatic rings. The monoisotopic (exact) mass is 309 g/mol. The summed E-state index contributed by atoms with van der Waals surface area (Å²) >= 11 is 3.21. The average molecular weight is 310 g/mol. The Balaban J connectivity index is 2.31. The SMILES string of the molecule is N[C@]1(CO)[C@H](c2ccc(Br)cc2)[C@H]1C(F)(F)F. The molecule has 0 bridgehead atoms. The van der Waals surface area contributed by atoms with Gasteiger partial charge in [-0.25, -0.2) is 0 Å². The highest BCUT2D eigenvalue weighted by Gasteiger charge is 2.73. The third-order valence-electron chi connectivity index (χ3n) is 3.24. The van der Waals surface area contributed by atoms with Crippen molar-refractivity contribution in [1.29, 1.82) is 0 Å². The quantitative estimate of drug-likeness (QED) is 0.881. The minimum absolute atomic E-state index is 0.507. The zero-order chi connectivity index (χ0) is 12.8. The number of rotatable bonds is 2. The van der Waals surface area contributed by atoms with Crippen molar-refractivity contribution in [3.05, 3.63) is 34.3 Å². The van der Waals surface area contributed by atoms with Gasteiger partial charge in [0.05, 0.1) is 18.1 Å². The van der Waals surface area contributed by atoms with E-state index in [0.29, 0.717) is 5.56 Å². The lowest BCUT2D eigenvalue weighted by atomic mass is 10.1. The second kappa shape index (κ2) is 3.96. The Morgan fingerprint density at radius 3 is 2.18 bits per heavy atom. The van der Waals surface area contributed by atoms with Crippen molar-refractivity contribution in [3.8, 4) is 0 Å². The Morgan fingerprint density at radius 2 is 1.82 bits per heavy atom. The summed E-state index contributed by atoms with van der Waals surface area (Å²) in [7, 11) is 0. The van der Waals surface area contributed by atoms with Crippen molar-refractivity contribution < 1.29 is 18.3 Å². The van der Waals surface area contributed by atoms with Gasteiger partial charge < -0.3 is 10.8 Å². The first kappa shape index (κ1) is 12.9. The number of benzene rings is 1. The number of halogens is 4. The fourth-order valence-electron chi connectivity index (χ4n) is 2.32. The lowest BCUT2D eigenvalue weighted by molar-refractivity contribution is -0.154. The summed E-state index contributed by atoms with van der Waals surface area (Å²) in [4.78, 5) is 0. The van der Waals surface area contributed by atoms with Gasteiger partial charge in [-0.1, -0.05) is 28.1 Å². The van der Waals surface area contributed by atoms with Crippen LogP contribution in [0.2, 0.25) is 0 Å². The molecule has 3 N–H and O–H groups in total. The van der Waals surface area contributed by atoms with E-state index in [1.54, 1.807) is 24.3 Å². The van der Waals surface area contributed by atoms with Crippen LogP contribution in [0.25, 0.3) is 0 Å². The summed E-state index contributed by atoms with van der Waals surface area (Å²) < 4.78 is 39.0. The summed E-state index contributed by atoms with van der Waals surface area (Å²) in [5.41, 5.74) is 4.54. The molecule has 2 rings (SSSR count). The highest BCUT2D eigenvalue weighted by atomic mass is 79.9. The van der Waals surface area contributed by atoms with Crippen LogP contribution in [0.3, 0.4) is 0 Å². The van der Waals surface area contributed by atoms with E-state index in [4.69, 9.17) is 10.8 Å². The van der Waals surface area contributed by atoms with Crippen LogP contribution in [0.4, 0.5) is 13.2 Å². The molecule has 1 fully saturated rings. The van der Waals surface area contributed by atoms with Gasteiger partial charge in [-0.3, -0.25) is 0 Å². The van der Waals surface area contributed by atoms with E-state index >= 15 is 0 Å². The molecule has 0 unspecified atom stereocenters. The first-order valence-corrected chi connectivity index (χ1v) is 5.82. The molecular formula is C11H11BrF3NO. The molecule has 3 atom stereocenters. The van der Waals surface area contributed by atoms with Crippen molar-refractivity contribution in [3.63, 3.8) is 0 Å². The van der Waals surface area contributed by atoms with Gasteiger partial charge >= 0.3 is 6.18 Å². The molecule has 1 aliphatic carbocycles. The Labute approximate surface area is 105 Å². The molecule has 17 heavy (non-hydrogen) atoms. The summed E-state index contributed by atoms with van der Waals surface area (Å²) in [5.74, 6) is -2.53. The topological polar surface area (TPSA) is 46.2 Å². The van der Waals surface area contributed by atoms with Gasteiger partial charge in [-0.2, -0.15) is 13.2 Å². The third-order valence-corrected chi connectivity index (χ3v) is 3.77. The number of alkyl halides is 3. The van der Waals surface area contributed by atoms with Crippen LogP contribution >= 0.6 is 15.9 Å². The largest absolute Gasteiger partial charge is 0.394 e. The highest BCUT2D eigenvalue weighted by molar-refractivity contribution is 9.10. The van der Waals surface area contributed by atoms with Gasteiger partial charge in [0.25, 0.3) is 0 Å². The molecule has 0 spiro atoms. The van der Waals surface area contributed by atoms with E-state index in [1.165, 1.54) is 0 Å². The van der Waals surface area contributed by atoms with E-state index in [1.807, 2.05) is 0 Å². The van der Waals surface area contributed by atoms with Crippen molar-refractivity contribution >= 4 is 15.9 Å². The molecule has 0 saturated heterocycles. The van der Waals surface area contributed by atoms with Gasteiger partial charge in [0.15, 0.2) is 0 Å². The number of hydrogen-bond acceptors (Lipinski definition) is 2. The van der Waals surface area contributed by atoms with E-state index in [0.717, 1.165) is 4.47 Å². The molecule has 94 valence electrons. The van der Waals surface area contributed by atoms with Crippen molar-refractivity contribution in [2.75, 3.05) is 6.61 Å². The maximum atomic E-state index is 12.7. The van der Waals surface area contributed by atoms with Crippen LogP contribution < -0.4 is 5.73 Å². The molecule has 0 radical (unpaired) electrons. The molecular weight excluding hydrogens is 299 g/mol. The van der Waals surface area contributed by atoms with Gasteiger partial charge in [0.1, 0.15) is 0 Å². The van der Waals surface area contributed by atoms with Gasteiger partial charge in [-0.15, -0.1) is 0 Å². The lowest BCUT2D eigenvalue weighted by Gasteiger charge is -2.09. The fraction of sp³-hybridized carbons (Fsp3) is 0.455.